The second kappa shape index (κ2) is 11.0. The van der Waals surface area contributed by atoms with Crippen LogP contribution in [0.2, 0.25) is 0 Å². The molecule has 4 rings (SSSR count). The highest BCUT2D eigenvalue weighted by atomic mass is 32.2. The van der Waals surface area contributed by atoms with Gasteiger partial charge in [-0.2, -0.15) is 0 Å². The number of carbonyl (C=O) groups is 1. The average molecular weight is 560 g/mol. The molecule has 3 aromatic carbocycles. The van der Waals surface area contributed by atoms with Gasteiger partial charge < -0.3 is 14.4 Å². The summed E-state index contributed by atoms with van der Waals surface area (Å²) in [5.41, 5.74) is 2.70. The number of ether oxygens (including phenoxy) is 2. The lowest BCUT2D eigenvalue weighted by atomic mass is 10.1. The van der Waals surface area contributed by atoms with Crippen LogP contribution in [0.1, 0.15) is 21.5 Å². The van der Waals surface area contributed by atoms with Crippen molar-refractivity contribution in [1.82, 2.24) is 4.90 Å². The molecular formula is C26H29N3O7S2. The van der Waals surface area contributed by atoms with Gasteiger partial charge in [-0.3, -0.25) is 14.2 Å². The number of nitrogens with zero attached hydrogens (tertiary/aromatic N) is 1. The van der Waals surface area contributed by atoms with Crippen LogP contribution in [0.4, 0.5) is 11.4 Å². The maximum absolute atomic E-state index is 13.1. The Morgan fingerprint density at radius 3 is 2.00 bits per heavy atom. The number of amides is 1. The summed E-state index contributed by atoms with van der Waals surface area (Å²) in [6, 6.07) is 14.6. The molecule has 1 aliphatic heterocycles. The van der Waals surface area contributed by atoms with Crippen molar-refractivity contribution in [2.45, 2.75) is 23.6 Å². The fourth-order valence-electron chi connectivity index (χ4n) is 3.89. The molecule has 1 aliphatic rings. The smallest absolute Gasteiger partial charge is 0.261 e. The lowest BCUT2D eigenvalue weighted by Gasteiger charge is -2.27. The molecule has 2 N–H and O–H groups in total. The van der Waals surface area contributed by atoms with E-state index >= 15 is 0 Å². The molecule has 1 amide bonds. The predicted molar refractivity (Wildman–Crippen MR) is 144 cm³/mol. The lowest BCUT2D eigenvalue weighted by Crippen LogP contribution is -2.40. The van der Waals surface area contributed by atoms with Crippen LogP contribution in [-0.4, -0.2) is 61.1 Å². The van der Waals surface area contributed by atoms with Gasteiger partial charge in [0.05, 0.1) is 35.7 Å². The van der Waals surface area contributed by atoms with Gasteiger partial charge in [0, 0.05) is 24.5 Å². The summed E-state index contributed by atoms with van der Waals surface area (Å²) in [6.45, 7) is 5.41. The second-order valence-corrected chi connectivity index (χ2v) is 12.2. The van der Waals surface area contributed by atoms with Gasteiger partial charge in [0.25, 0.3) is 26.0 Å². The molecule has 10 nitrogen and oxygen atoms in total. The number of hydrogen-bond acceptors (Lipinski definition) is 7. The van der Waals surface area contributed by atoms with Crippen LogP contribution in [0, 0.1) is 13.8 Å². The normalized spacial score (nSPS) is 14.1. The van der Waals surface area contributed by atoms with E-state index in [0.29, 0.717) is 32.0 Å². The van der Waals surface area contributed by atoms with E-state index in [4.69, 9.17) is 9.47 Å². The molecule has 0 saturated carbocycles. The molecule has 0 atom stereocenters. The third-order valence-electron chi connectivity index (χ3n) is 6.19. The Balaban J connectivity index is 1.53. The Bertz CT molecular complexity index is 1550. The van der Waals surface area contributed by atoms with Crippen LogP contribution >= 0.6 is 0 Å². The first-order valence-electron chi connectivity index (χ1n) is 11.8. The van der Waals surface area contributed by atoms with Gasteiger partial charge in [-0.15, -0.1) is 0 Å². The van der Waals surface area contributed by atoms with Crippen molar-refractivity contribution in [3.05, 3.63) is 77.4 Å². The van der Waals surface area contributed by atoms with Crippen molar-refractivity contribution in [1.29, 1.82) is 0 Å². The maximum atomic E-state index is 13.1. The van der Waals surface area contributed by atoms with E-state index in [-0.39, 0.29) is 32.7 Å². The number of anilines is 2. The Hall–Kier alpha value is -3.61. The molecule has 202 valence electrons. The molecule has 1 fully saturated rings. The number of aryl methyl sites for hydroxylation is 2. The zero-order chi connectivity index (χ0) is 27.5. The molecule has 0 aliphatic carbocycles. The first-order chi connectivity index (χ1) is 18.0. The Morgan fingerprint density at radius 2 is 1.37 bits per heavy atom. The lowest BCUT2D eigenvalue weighted by molar-refractivity contribution is 0.0300. The fourth-order valence-corrected chi connectivity index (χ4v) is 6.03. The van der Waals surface area contributed by atoms with E-state index < -0.39 is 20.0 Å². The van der Waals surface area contributed by atoms with Gasteiger partial charge in [0.2, 0.25) is 0 Å². The standard InChI is InChI=1S/C26H29N3O7S2/c1-18-4-5-21(16-19(18)2)28-37(31,32)22-8-6-20(7-9-22)27-38(33,34)23-10-11-25(35-3)24(17-23)26(30)29-12-14-36-15-13-29/h4-11,16-17,27-28H,12-15H2,1-3H3. The summed E-state index contributed by atoms with van der Waals surface area (Å²) >= 11 is 0. The molecule has 0 unspecified atom stereocenters. The molecule has 0 spiro atoms. The van der Waals surface area contributed by atoms with Crippen LogP contribution < -0.4 is 14.2 Å². The Morgan fingerprint density at radius 1 is 0.789 bits per heavy atom. The van der Waals surface area contributed by atoms with Crippen molar-refractivity contribution in [2.75, 3.05) is 42.9 Å². The van der Waals surface area contributed by atoms with Crippen molar-refractivity contribution in [2.24, 2.45) is 0 Å². The largest absolute Gasteiger partial charge is 0.496 e. The summed E-state index contributed by atoms with van der Waals surface area (Å²) in [6.07, 6.45) is 0. The van der Waals surface area contributed by atoms with Crippen LogP contribution in [0.15, 0.2) is 70.5 Å². The van der Waals surface area contributed by atoms with Crippen molar-refractivity contribution in [3.63, 3.8) is 0 Å². The van der Waals surface area contributed by atoms with Crippen molar-refractivity contribution in [3.8, 4) is 5.75 Å². The minimum Gasteiger partial charge on any atom is -0.496 e. The monoisotopic (exact) mass is 559 g/mol. The molecule has 12 heteroatoms. The number of nitrogens with one attached hydrogen (secondary N) is 2. The second-order valence-electron chi connectivity index (χ2n) is 8.80. The molecule has 0 radical (unpaired) electrons. The summed E-state index contributed by atoms with van der Waals surface area (Å²) < 4.78 is 67.3. The quantitative estimate of drug-likeness (QED) is 0.433. The van der Waals surface area contributed by atoms with E-state index in [2.05, 4.69) is 9.44 Å². The number of methoxy groups -OCH3 is 1. The van der Waals surface area contributed by atoms with E-state index in [1.54, 1.807) is 17.0 Å². The fraction of sp³-hybridized carbons (Fsp3) is 0.269. The van der Waals surface area contributed by atoms with Gasteiger partial charge in [-0.1, -0.05) is 6.07 Å². The molecule has 3 aromatic rings. The van der Waals surface area contributed by atoms with Crippen LogP contribution in [-0.2, 0) is 24.8 Å². The number of morpholine rings is 1. The van der Waals surface area contributed by atoms with E-state index in [1.807, 2.05) is 19.9 Å². The minimum atomic E-state index is -4.10. The minimum absolute atomic E-state index is 0.0264. The van der Waals surface area contributed by atoms with Crippen molar-refractivity contribution >= 4 is 37.3 Å². The topological polar surface area (TPSA) is 131 Å². The van der Waals surface area contributed by atoms with E-state index in [0.717, 1.165) is 11.1 Å². The van der Waals surface area contributed by atoms with Gasteiger partial charge in [-0.05, 0) is 79.6 Å². The molecule has 1 heterocycles. The Kier molecular flexibility index (Phi) is 7.95. The van der Waals surface area contributed by atoms with Crippen LogP contribution in [0.3, 0.4) is 0 Å². The number of hydrogen-bond donors (Lipinski definition) is 2. The molecule has 0 bridgehead atoms. The SMILES string of the molecule is COc1ccc(S(=O)(=O)Nc2ccc(S(=O)(=O)Nc3ccc(C)c(C)c3)cc2)cc1C(=O)N1CCOCC1. The van der Waals surface area contributed by atoms with Crippen LogP contribution in [0.5, 0.6) is 5.75 Å². The molecule has 1 saturated heterocycles. The molecule has 38 heavy (non-hydrogen) atoms. The highest BCUT2D eigenvalue weighted by Gasteiger charge is 2.25. The third-order valence-corrected chi connectivity index (χ3v) is 8.96. The highest BCUT2D eigenvalue weighted by Crippen LogP contribution is 2.27. The number of rotatable bonds is 8. The Labute approximate surface area is 222 Å². The first kappa shape index (κ1) is 27.4. The maximum Gasteiger partial charge on any atom is 0.261 e. The van der Waals surface area contributed by atoms with E-state index in [9.17, 15) is 21.6 Å². The van der Waals surface area contributed by atoms with Crippen molar-refractivity contribution < 1.29 is 31.1 Å². The van der Waals surface area contributed by atoms with E-state index in [1.165, 1.54) is 49.6 Å². The van der Waals surface area contributed by atoms with Crippen LogP contribution in [0.25, 0.3) is 0 Å². The van der Waals surface area contributed by atoms with Gasteiger partial charge in [0.1, 0.15) is 5.75 Å². The summed E-state index contributed by atoms with van der Waals surface area (Å²) in [4.78, 5) is 14.4. The number of benzene rings is 3. The first-order valence-corrected chi connectivity index (χ1v) is 14.7. The molecular weight excluding hydrogens is 530 g/mol. The average Bonchev–Trinajstić information content (AvgIpc) is 2.90. The summed E-state index contributed by atoms with van der Waals surface area (Å²) in [7, 11) is -6.57. The predicted octanol–water partition coefficient (Wildman–Crippen LogP) is 3.39. The highest BCUT2D eigenvalue weighted by molar-refractivity contribution is 7.93. The number of carbonyl (C=O) groups excluding carboxylic acids is 1. The zero-order valence-electron chi connectivity index (χ0n) is 21.2. The zero-order valence-corrected chi connectivity index (χ0v) is 22.9. The molecule has 0 aromatic heterocycles. The van der Waals surface area contributed by atoms with Gasteiger partial charge in [-0.25, -0.2) is 16.8 Å². The number of sulfonamides is 2. The van der Waals surface area contributed by atoms with Gasteiger partial charge in [0.15, 0.2) is 0 Å². The summed E-state index contributed by atoms with van der Waals surface area (Å²) in [5, 5.41) is 0. The summed E-state index contributed by atoms with van der Waals surface area (Å²) in [5.74, 6) is -0.0979. The van der Waals surface area contributed by atoms with Gasteiger partial charge >= 0.3 is 0 Å². The third kappa shape index (κ3) is 6.09.